The van der Waals surface area contributed by atoms with E-state index in [4.69, 9.17) is 0 Å². The van der Waals surface area contributed by atoms with Crippen molar-refractivity contribution in [2.24, 2.45) is 5.92 Å². The van der Waals surface area contributed by atoms with E-state index in [1.165, 1.54) is 17.8 Å². The van der Waals surface area contributed by atoms with Crippen LogP contribution >= 0.6 is 0 Å². The number of benzene rings is 4. The lowest BCUT2D eigenvalue weighted by atomic mass is 9.85. The highest BCUT2D eigenvalue weighted by molar-refractivity contribution is 5.96. The van der Waals surface area contributed by atoms with Gasteiger partial charge in [-0.15, -0.1) is 0 Å². The van der Waals surface area contributed by atoms with Gasteiger partial charge in [0.25, 0.3) is 0 Å². The number of carbonyl (C=O) groups excluding carboxylic acids is 2. The molecular formula is C44H45FN6O2. The van der Waals surface area contributed by atoms with E-state index in [0.29, 0.717) is 30.1 Å². The number of nitriles is 2. The van der Waals surface area contributed by atoms with Crippen molar-refractivity contribution < 1.29 is 14.0 Å². The Kier molecular flexibility index (Phi) is 10.6. The fourth-order valence-electron chi connectivity index (χ4n) is 8.42. The van der Waals surface area contributed by atoms with Gasteiger partial charge in [-0.3, -0.25) is 9.59 Å². The summed E-state index contributed by atoms with van der Waals surface area (Å²) in [6, 6.07) is 32.6. The van der Waals surface area contributed by atoms with E-state index in [1.54, 1.807) is 12.1 Å². The van der Waals surface area contributed by atoms with Gasteiger partial charge < -0.3 is 19.6 Å². The number of fused-ring (bicyclic) bond motifs is 1. The molecule has 3 aliphatic rings. The van der Waals surface area contributed by atoms with Crippen LogP contribution in [0.1, 0.15) is 61.4 Å². The number of hydrogen-bond donors (Lipinski definition) is 0. The minimum atomic E-state index is -0.563. The van der Waals surface area contributed by atoms with Gasteiger partial charge in [-0.2, -0.15) is 10.5 Å². The number of allylic oxidation sites excluding steroid dienone is 2. The van der Waals surface area contributed by atoms with Crippen molar-refractivity contribution >= 4 is 39.4 Å². The number of halogens is 1. The number of para-hydroxylation sites is 1. The van der Waals surface area contributed by atoms with Crippen LogP contribution in [0.4, 0.5) is 15.8 Å². The molecule has 0 radical (unpaired) electrons. The van der Waals surface area contributed by atoms with Crippen LogP contribution in [0.2, 0.25) is 0 Å². The zero-order valence-electron chi connectivity index (χ0n) is 30.3. The van der Waals surface area contributed by atoms with Crippen molar-refractivity contribution in [3.8, 4) is 12.1 Å². The molecule has 1 spiro atoms. The van der Waals surface area contributed by atoms with Crippen LogP contribution in [0.3, 0.4) is 0 Å². The predicted octanol–water partition coefficient (Wildman–Crippen LogP) is 7.82. The summed E-state index contributed by atoms with van der Waals surface area (Å²) in [4.78, 5) is 36.3. The number of rotatable bonds is 10. The molecule has 0 bridgehead atoms. The summed E-state index contributed by atoms with van der Waals surface area (Å²) < 4.78 is 13.3. The Labute approximate surface area is 311 Å². The monoisotopic (exact) mass is 708 g/mol. The van der Waals surface area contributed by atoms with Crippen molar-refractivity contribution in [1.82, 2.24) is 9.80 Å². The van der Waals surface area contributed by atoms with Gasteiger partial charge in [0.05, 0.1) is 6.67 Å². The molecule has 3 fully saturated rings. The van der Waals surface area contributed by atoms with E-state index in [2.05, 4.69) is 56.0 Å². The standard InChI is InChI=1S/C44H45FN6O2/c1-32(38(28-46)29-47)35-9-10-37-27-41(16-13-36(37)26-35)49-22-17-33(18-23-49)30-50-31-51(40-6-3-2-4-7-40)44(43(50)53)19-24-48(25-20-44)21-5-8-42(52)34-11-14-39(45)15-12-34/h2-4,6-7,9-16,26-27,33H,5,8,17-25,30-31H2,1H3. The van der Waals surface area contributed by atoms with Crippen molar-refractivity contribution in [3.63, 3.8) is 0 Å². The van der Waals surface area contributed by atoms with Crippen molar-refractivity contribution in [2.45, 2.75) is 51.0 Å². The molecule has 0 unspecified atom stereocenters. The number of hydrogen-bond acceptors (Lipinski definition) is 7. The topological polar surface area (TPSA) is 94.7 Å². The lowest BCUT2D eigenvalue weighted by Gasteiger charge is -2.43. The largest absolute Gasteiger partial charge is 0.371 e. The first-order valence-electron chi connectivity index (χ1n) is 18.7. The van der Waals surface area contributed by atoms with Crippen molar-refractivity contribution in [2.75, 3.05) is 55.7 Å². The number of Topliss-reactive ketones (excluding diaryl/α,β-unsaturated/α-hetero) is 1. The Morgan fingerprint density at radius 1 is 0.830 bits per heavy atom. The van der Waals surface area contributed by atoms with Crippen LogP contribution in [0.15, 0.2) is 96.6 Å². The second-order valence-corrected chi connectivity index (χ2v) is 14.7. The zero-order valence-corrected chi connectivity index (χ0v) is 30.3. The molecule has 8 nitrogen and oxygen atoms in total. The summed E-state index contributed by atoms with van der Waals surface area (Å²) in [5, 5.41) is 20.8. The highest BCUT2D eigenvalue weighted by Crippen LogP contribution is 2.40. The molecule has 0 atom stereocenters. The second-order valence-electron chi connectivity index (χ2n) is 14.7. The van der Waals surface area contributed by atoms with Crippen molar-refractivity contribution in [1.29, 1.82) is 10.5 Å². The zero-order chi connectivity index (χ0) is 37.0. The summed E-state index contributed by atoms with van der Waals surface area (Å²) in [6.45, 7) is 7.43. The number of amides is 1. The number of likely N-dealkylation sites (tertiary alicyclic amines) is 1. The quantitative estimate of drug-likeness (QED) is 0.123. The van der Waals surface area contributed by atoms with Crippen LogP contribution in [0.5, 0.6) is 0 Å². The molecule has 0 saturated carbocycles. The Morgan fingerprint density at radius 2 is 1.49 bits per heavy atom. The molecule has 3 saturated heterocycles. The Bertz CT molecular complexity index is 2070. The molecule has 4 aromatic rings. The first kappa shape index (κ1) is 35.9. The highest BCUT2D eigenvalue weighted by atomic mass is 19.1. The maximum absolute atomic E-state index is 14.4. The maximum Gasteiger partial charge on any atom is 0.250 e. The van der Waals surface area contributed by atoms with Gasteiger partial charge in [0, 0.05) is 56.1 Å². The van der Waals surface area contributed by atoms with E-state index in [-0.39, 0.29) is 23.1 Å². The lowest BCUT2D eigenvalue weighted by molar-refractivity contribution is -0.134. The van der Waals surface area contributed by atoms with Crippen LogP contribution in [0, 0.1) is 34.4 Å². The molecule has 1 amide bonds. The minimum Gasteiger partial charge on any atom is -0.371 e. The van der Waals surface area contributed by atoms with E-state index in [0.717, 1.165) is 93.4 Å². The van der Waals surface area contributed by atoms with Crippen LogP contribution < -0.4 is 9.80 Å². The second kappa shape index (κ2) is 15.6. The average Bonchev–Trinajstić information content (AvgIpc) is 3.45. The lowest BCUT2D eigenvalue weighted by Crippen LogP contribution is -2.56. The normalized spacial score (nSPS) is 17.6. The number of piperidine rings is 2. The number of nitrogens with zero attached hydrogens (tertiary/aromatic N) is 6. The van der Waals surface area contributed by atoms with Gasteiger partial charge >= 0.3 is 0 Å². The first-order chi connectivity index (χ1) is 25.8. The Morgan fingerprint density at radius 3 is 2.19 bits per heavy atom. The van der Waals surface area contributed by atoms with E-state index in [9.17, 15) is 24.5 Å². The Balaban J connectivity index is 0.959. The fourth-order valence-corrected chi connectivity index (χ4v) is 8.42. The molecule has 0 aliphatic carbocycles. The SMILES string of the molecule is CC(=C(C#N)C#N)c1ccc2cc(N3CCC(CN4CN(c5ccccc5)C5(CCN(CCCC(=O)c6ccc(F)cc6)CC5)C4=O)CC3)ccc2c1. The molecule has 0 aromatic heterocycles. The minimum absolute atomic E-state index is 0.0328. The number of ketones is 1. The number of anilines is 2. The van der Waals surface area contributed by atoms with Gasteiger partial charge in [0.2, 0.25) is 5.91 Å². The summed E-state index contributed by atoms with van der Waals surface area (Å²) in [6.07, 6.45) is 4.67. The summed E-state index contributed by atoms with van der Waals surface area (Å²) >= 11 is 0. The van der Waals surface area contributed by atoms with Crippen LogP contribution in [-0.4, -0.2) is 73.0 Å². The molecule has 53 heavy (non-hydrogen) atoms. The molecule has 9 heteroatoms. The van der Waals surface area contributed by atoms with Gasteiger partial charge in [-0.1, -0.05) is 36.4 Å². The highest BCUT2D eigenvalue weighted by Gasteiger charge is 2.53. The van der Waals surface area contributed by atoms with E-state index in [1.807, 2.05) is 49.4 Å². The van der Waals surface area contributed by atoms with Crippen LogP contribution in [-0.2, 0) is 4.79 Å². The Hall–Kier alpha value is -5.51. The first-order valence-corrected chi connectivity index (χ1v) is 18.7. The predicted molar refractivity (Wildman–Crippen MR) is 207 cm³/mol. The summed E-state index contributed by atoms with van der Waals surface area (Å²) in [5.41, 5.74) is 3.96. The molecule has 3 heterocycles. The average molecular weight is 709 g/mol. The van der Waals surface area contributed by atoms with Crippen LogP contribution in [0.25, 0.3) is 16.3 Å². The molecule has 7 rings (SSSR count). The molecular weight excluding hydrogens is 664 g/mol. The van der Waals surface area contributed by atoms with E-state index >= 15 is 0 Å². The molecule has 4 aromatic carbocycles. The van der Waals surface area contributed by atoms with Gasteiger partial charge in [0.1, 0.15) is 29.1 Å². The van der Waals surface area contributed by atoms with Gasteiger partial charge in [0.15, 0.2) is 5.78 Å². The number of carbonyl (C=O) groups is 2. The third-order valence-corrected chi connectivity index (χ3v) is 11.6. The maximum atomic E-state index is 14.4. The summed E-state index contributed by atoms with van der Waals surface area (Å²) in [5.74, 6) is 0.359. The third kappa shape index (κ3) is 7.54. The third-order valence-electron chi connectivity index (χ3n) is 11.6. The molecule has 270 valence electrons. The summed E-state index contributed by atoms with van der Waals surface area (Å²) in [7, 11) is 0. The smallest absolute Gasteiger partial charge is 0.250 e. The van der Waals surface area contributed by atoms with Gasteiger partial charge in [-0.25, -0.2) is 4.39 Å². The van der Waals surface area contributed by atoms with Crippen molar-refractivity contribution in [3.05, 3.63) is 114 Å². The van der Waals surface area contributed by atoms with E-state index < -0.39 is 5.54 Å². The molecule has 3 aliphatic heterocycles. The fraction of sp³-hybridized carbons (Fsp3) is 0.364. The van der Waals surface area contributed by atoms with Gasteiger partial charge in [-0.05, 0) is 128 Å². The molecule has 0 N–H and O–H groups in total.